The Balaban J connectivity index is 2.00. The van der Waals surface area contributed by atoms with Crippen molar-refractivity contribution < 1.29 is 32.0 Å². The Morgan fingerprint density at radius 1 is 0.767 bits per heavy atom. The summed E-state index contributed by atoms with van der Waals surface area (Å²) in [5.41, 5.74) is -0.173. The van der Waals surface area contributed by atoms with Crippen molar-refractivity contribution in [2.45, 2.75) is 12.2 Å². The van der Waals surface area contributed by atoms with Gasteiger partial charge in [0, 0.05) is 0 Å². The van der Waals surface area contributed by atoms with Crippen molar-refractivity contribution in [3.05, 3.63) is 95.6 Å². The molecule has 1 unspecified atom stereocenters. The topological polar surface area (TPSA) is 107 Å². The van der Waals surface area contributed by atoms with E-state index in [2.05, 4.69) is 0 Å². The summed E-state index contributed by atoms with van der Waals surface area (Å²) < 4.78 is 43.0. The average Bonchev–Trinajstić information content (AvgIpc) is 2.73. The lowest BCUT2D eigenvalue weighted by atomic mass is 10.0. The van der Waals surface area contributed by atoms with Crippen LogP contribution in [0.4, 0.5) is 0 Å². The van der Waals surface area contributed by atoms with Crippen LogP contribution >= 0.6 is 0 Å². The molecule has 3 aromatic rings. The van der Waals surface area contributed by atoms with Gasteiger partial charge in [0.1, 0.15) is 16.7 Å². The third kappa shape index (κ3) is 5.11. The number of benzene rings is 3. The fourth-order valence-electron chi connectivity index (χ4n) is 2.63. The summed E-state index contributed by atoms with van der Waals surface area (Å²) >= 11 is 0. The number of carbonyl (C=O) groups excluding carboxylic acids is 2. The van der Waals surface area contributed by atoms with E-state index in [1.54, 1.807) is 60.7 Å². The van der Waals surface area contributed by atoms with Crippen molar-refractivity contribution in [1.29, 1.82) is 0 Å². The molecular weight excluding hydrogens is 408 g/mol. The lowest BCUT2D eigenvalue weighted by Crippen LogP contribution is -2.19. The highest BCUT2D eigenvalue weighted by Crippen LogP contribution is 2.25. The first-order chi connectivity index (χ1) is 14.3. The zero-order chi connectivity index (χ0) is 21.7. The average molecular weight is 426 g/mol. The van der Waals surface area contributed by atoms with Crippen LogP contribution in [0.5, 0.6) is 11.5 Å². The summed E-state index contributed by atoms with van der Waals surface area (Å²) in [7, 11) is -4.41. The Bertz CT molecular complexity index is 1160. The molecule has 3 aromatic carbocycles. The number of rotatable bonds is 6. The van der Waals surface area contributed by atoms with Crippen LogP contribution in [0.3, 0.4) is 0 Å². The van der Waals surface area contributed by atoms with Gasteiger partial charge < -0.3 is 9.47 Å². The fraction of sp³-hybridized carbons (Fsp3) is 0.0909. The minimum atomic E-state index is -4.41. The minimum Gasteiger partial charge on any atom is -0.423 e. The van der Waals surface area contributed by atoms with E-state index in [4.69, 9.17) is 9.47 Å². The first-order valence-electron chi connectivity index (χ1n) is 8.90. The summed E-state index contributed by atoms with van der Waals surface area (Å²) in [6.45, 7) is 1.26. The molecule has 0 saturated heterocycles. The third-order valence-corrected chi connectivity index (χ3v) is 5.47. The van der Waals surface area contributed by atoms with Gasteiger partial charge in [0.15, 0.2) is 0 Å². The van der Waals surface area contributed by atoms with Gasteiger partial charge >= 0.3 is 11.9 Å². The first kappa shape index (κ1) is 21.2. The van der Waals surface area contributed by atoms with Crippen molar-refractivity contribution in [3.8, 4) is 11.5 Å². The Hall–Kier alpha value is -3.49. The predicted octanol–water partition coefficient (Wildman–Crippen LogP) is 4.07. The van der Waals surface area contributed by atoms with E-state index in [1.807, 2.05) is 0 Å². The second-order valence-electron chi connectivity index (χ2n) is 6.37. The molecule has 0 aromatic heterocycles. The second kappa shape index (κ2) is 8.89. The van der Waals surface area contributed by atoms with Gasteiger partial charge in [0.25, 0.3) is 10.1 Å². The molecule has 7 nitrogen and oxygen atoms in total. The van der Waals surface area contributed by atoms with E-state index in [9.17, 15) is 22.6 Å². The van der Waals surface area contributed by atoms with Gasteiger partial charge in [-0.05, 0) is 48.9 Å². The van der Waals surface area contributed by atoms with Gasteiger partial charge in [-0.25, -0.2) is 9.59 Å². The highest BCUT2D eigenvalue weighted by Gasteiger charge is 2.26. The number of hydrogen-bond acceptors (Lipinski definition) is 6. The van der Waals surface area contributed by atoms with Crippen LogP contribution in [-0.2, 0) is 10.1 Å². The molecule has 154 valence electrons. The Labute approximate surface area is 173 Å². The number of carbonyl (C=O) groups is 2. The van der Waals surface area contributed by atoms with Crippen molar-refractivity contribution in [1.82, 2.24) is 0 Å². The number of para-hydroxylation sites is 2. The Morgan fingerprint density at radius 3 is 1.70 bits per heavy atom. The standard InChI is InChI=1S/C22H18O7S/c1-15(30(25,26)27)16-12-13-19(21(23)28-17-8-4-2-5-9-17)20(14-16)22(24)29-18-10-6-3-7-11-18/h2-15H,1H3,(H,25,26,27). The highest BCUT2D eigenvalue weighted by molar-refractivity contribution is 7.86. The van der Waals surface area contributed by atoms with Crippen molar-refractivity contribution in [2.75, 3.05) is 0 Å². The maximum absolute atomic E-state index is 12.8. The molecule has 0 aliphatic carbocycles. The van der Waals surface area contributed by atoms with Crippen LogP contribution < -0.4 is 9.47 Å². The van der Waals surface area contributed by atoms with E-state index in [0.29, 0.717) is 0 Å². The molecule has 0 aliphatic rings. The van der Waals surface area contributed by atoms with Crippen LogP contribution in [-0.4, -0.2) is 24.9 Å². The van der Waals surface area contributed by atoms with E-state index in [0.717, 1.165) is 0 Å². The van der Waals surface area contributed by atoms with Gasteiger partial charge in [0.05, 0.1) is 11.1 Å². The second-order valence-corrected chi connectivity index (χ2v) is 8.10. The molecule has 1 N–H and O–H groups in total. The summed E-state index contributed by atoms with van der Waals surface area (Å²) in [6.07, 6.45) is 0. The zero-order valence-corrected chi connectivity index (χ0v) is 16.7. The summed E-state index contributed by atoms with van der Waals surface area (Å²) in [4.78, 5) is 25.4. The number of hydrogen-bond donors (Lipinski definition) is 1. The van der Waals surface area contributed by atoms with Crippen LogP contribution in [0.1, 0.15) is 38.5 Å². The van der Waals surface area contributed by atoms with Crippen molar-refractivity contribution >= 4 is 22.1 Å². The number of esters is 2. The molecular formula is C22H18O7S. The fourth-order valence-corrected chi connectivity index (χ4v) is 3.13. The SMILES string of the molecule is CC(c1ccc(C(=O)Oc2ccccc2)c(C(=O)Oc2ccccc2)c1)S(=O)(=O)O. The third-order valence-electron chi connectivity index (χ3n) is 4.31. The maximum Gasteiger partial charge on any atom is 0.344 e. The molecule has 0 saturated carbocycles. The normalized spacial score (nSPS) is 12.1. The van der Waals surface area contributed by atoms with E-state index in [-0.39, 0.29) is 28.2 Å². The van der Waals surface area contributed by atoms with E-state index >= 15 is 0 Å². The van der Waals surface area contributed by atoms with E-state index in [1.165, 1.54) is 25.1 Å². The molecule has 8 heteroatoms. The zero-order valence-electron chi connectivity index (χ0n) is 15.9. The van der Waals surface area contributed by atoms with Gasteiger partial charge in [-0.15, -0.1) is 0 Å². The van der Waals surface area contributed by atoms with Gasteiger partial charge in [-0.2, -0.15) is 8.42 Å². The number of ether oxygens (including phenoxy) is 2. The summed E-state index contributed by atoms with van der Waals surface area (Å²) in [6, 6.07) is 20.3. The molecule has 1 atom stereocenters. The largest absolute Gasteiger partial charge is 0.423 e. The monoisotopic (exact) mass is 426 g/mol. The highest BCUT2D eigenvalue weighted by atomic mass is 32.2. The van der Waals surface area contributed by atoms with Crippen molar-refractivity contribution in [2.24, 2.45) is 0 Å². The maximum atomic E-state index is 12.8. The minimum absolute atomic E-state index is 0.105. The molecule has 0 bridgehead atoms. The van der Waals surface area contributed by atoms with Gasteiger partial charge in [-0.3, -0.25) is 4.55 Å². The lowest BCUT2D eigenvalue weighted by Gasteiger charge is -2.14. The molecule has 0 fully saturated rings. The molecule has 30 heavy (non-hydrogen) atoms. The van der Waals surface area contributed by atoms with Crippen LogP contribution in [0.25, 0.3) is 0 Å². The quantitative estimate of drug-likeness (QED) is 0.360. The molecule has 0 radical (unpaired) electrons. The van der Waals surface area contributed by atoms with Gasteiger partial charge in [-0.1, -0.05) is 42.5 Å². The molecule has 0 aliphatic heterocycles. The molecule has 0 spiro atoms. The smallest absolute Gasteiger partial charge is 0.344 e. The first-order valence-corrected chi connectivity index (χ1v) is 10.4. The van der Waals surface area contributed by atoms with Crippen LogP contribution in [0.2, 0.25) is 0 Å². The molecule has 0 amide bonds. The predicted molar refractivity (Wildman–Crippen MR) is 109 cm³/mol. The van der Waals surface area contributed by atoms with Crippen LogP contribution in [0.15, 0.2) is 78.9 Å². The Morgan fingerprint density at radius 2 is 1.23 bits per heavy atom. The van der Waals surface area contributed by atoms with Crippen molar-refractivity contribution in [3.63, 3.8) is 0 Å². The van der Waals surface area contributed by atoms with Crippen LogP contribution in [0, 0.1) is 0 Å². The van der Waals surface area contributed by atoms with E-state index < -0.39 is 27.3 Å². The summed E-state index contributed by atoms with van der Waals surface area (Å²) in [5.74, 6) is -1.16. The molecule has 0 heterocycles. The Kier molecular flexibility index (Phi) is 6.29. The lowest BCUT2D eigenvalue weighted by molar-refractivity contribution is 0.0692. The molecule has 3 rings (SSSR count). The summed E-state index contributed by atoms with van der Waals surface area (Å²) in [5, 5.41) is -1.31. The van der Waals surface area contributed by atoms with Gasteiger partial charge in [0.2, 0.25) is 0 Å².